The summed E-state index contributed by atoms with van der Waals surface area (Å²) in [6.07, 6.45) is 0. The van der Waals surface area contributed by atoms with Crippen LogP contribution in [0.2, 0.25) is 0 Å². The van der Waals surface area contributed by atoms with E-state index in [0.29, 0.717) is 17.5 Å². The van der Waals surface area contributed by atoms with E-state index in [1.807, 2.05) is 78.9 Å². The highest BCUT2D eigenvalue weighted by Crippen LogP contribution is 2.40. The Morgan fingerprint density at radius 2 is 0.825 bits per heavy atom. The molecule has 6 nitrogen and oxygen atoms in total. The maximum atomic E-state index is 6.57. The van der Waals surface area contributed by atoms with Crippen molar-refractivity contribution < 1.29 is 8.83 Å². The number of benzene rings is 8. The number of rotatable bonds is 7. The molecule has 0 saturated heterocycles. The van der Waals surface area contributed by atoms with Crippen LogP contribution in [0.4, 0.5) is 17.1 Å². The zero-order valence-electron chi connectivity index (χ0n) is 30.6. The monoisotopic (exact) mass is 732 g/mol. The van der Waals surface area contributed by atoms with Gasteiger partial charge in [0, 0.05) is 55.3 Å². The van der Waals surface area contributed by atoms with E-state index in [1.165, 1.54) is 0 Å². The quantitative estimate of drug-likeness (QED) is 0.162. The Labute approximate surface area is 328 Å². The minimum atomic E-state index is 0.565. The third kappa shape index (κ3) is 5.79. The van der Waals surface area contributed by atoms with Crippen molar-refractivity contribution in [2.24, 2.45) is 0 Å². The summed E-state index contributed by atoms with van der Waals surface area (Å²) in [7, 11) is 0. The molecule has 6 heteroatoms. The van der Waals surface area contributed by atoms with Gasteiger partial charge in [0.2, 0.25) is 0 Å². The summed E-state index contributed by atoms with van der Waals surface area (Å²) in [5.41, 5.74) is 11.3. The highest BCUT2D eigenvalue weighted by molar-refractivity contribution is 6.12. The largest absolute Gasteiger partial charge is 0.456 e. The van der Waals surface area contributed by atoms with E-state index in [0.717, 1.165) is 88.8 Å². The van der Waals surface area contributed by atoms with Gasteiger partial charge in [0.1, 0.15) is 22.3 Å². The fourth-order valence-electron chi connectivity index (χ4n) is 7.80. The first kappa shape index (κ1) is 32.6. The van der Waals surface area contributed by atoms with Crippen molar-refractivity contribution in [1.29, 1.82) is 0 Å². The standard InChI is InChI=1S/C51H32N4O2/c1-4-13-34(14-5-1)49-52-50(36-26-29-41-40-19-10-11-21-44(40)56-46(41)32-36)54-51(53-49)43-20-12-22-45-48(43)42-30-25-35(31-47(42)57-45)33-23-27-39(28-24-33)55(37-15-6-2-7-16-37)38-17-8-3-9-18-38/h1-32H. The number of fused-ring (bicyclic) bond motifs is 6. The lowest BCUT2D eigenvalue weighted by molar-refractivity contribution is 0.668. The molecule has 8 aromatic carbocycles. The summed E-state index contributed by atoms with van der Waals surface area (Å²) in [6.45, 7) is 0. The molecule has 3 heterocycles. The van der Waals surface area contributed by atoms with Crippen molar-refractivity contribution in [3.8, 4) is 45.3 Å². The van der Waals surface area contributed by atoms with Gasteiger partial charge in [-0.25, -0.2) is 15.0 Å². The summed E-state index contributed by atoms with van der Waals surface area (Å²) < 4.78 is 12.8. The van der Waals surface area contributed by atoms with Gasteiger partial charge in [-0.15, -0.1) is 0 Å². The molecule has 3 aromatic heterocycles. The van der Waals surface area contributed by atoms with Crippen molar-refractivity contribution >= 4 is 60.9 Å². The molecule has 0 spiro atoms. The minimum absolute atomic E-state index is 0.565. The van der Waals surface area contributed by atoms with Crippen molar-refractivity contribution in [2.75, 3.05) is 4.90 Å². The van der Waals surface area contributed by atoms with Gasteiger partial charge in [-0.1, -0.05) is 121 Å². The summed E-state index contributed by atoms with van der Waals surface area (Å²) in [4.78, 5) is 17.5. The van der Waals surface area contributed by atoms with E-state index in [1.54, 1.807) is 0 Å². The van der Waals surface area contributed by atoms with Crippen molar-refractivity contribution in [1.82, 2.24) is 15.0 Å². The van der Waals surface area contributed by atoms with Crippen LogP contribution in [0.5, 0.6) is 0 Å². The third-order valence-electron chi connectivity index (χ3n) is 10.5. The Morgan fingerprint density at radius 1 is 0.316 bits per heavy atom. The molecule has 0 amide bonds. The Hall–Kier alpha value is -7.83. The maximum Gasteiger partial charge on any atom is 0.164 e. The predicted molar refractivity (Wildman–Crippen MR) is 231 cm³/mol. The van der Waals surface area contributed by atoms with Gasteiger partial charge in [0.15, 0.2) is 17.5 Å². The van der Waals surface area contributed by atoms with Crippen LogP contribution in [0.3, 0.4) is 0 Å². The van der Waals surface area contributed by atoms with E-state index in [2.05, 4.69) is 120 Å². The Kier molecular flexibility index (Phi) is 7.71. The van der Waals surface area contributed by atoms with Crippen LogP contribution >= 0.6 is 0 Å². The number of hydrogen-bond acceptors (Lipinski definition) is 6. The lowest BCUT2D eigenvalue weighted by Gasteiger charge is -2.25. The molecule has 57 heavy (non-hydrogen) atoms. The highest BCUT2D eigenvalue weighted by Gasteiger charge is 2.19. The van der Waals surface area contributed by atoms with Gasteiger partial charge >= 0.3 is 0 Å². The molecule has 0 aliphatic rings. The number of para-hydroxylation sites is 3. The number of anilines is 3. The molecule has 0 aliphatic heterocycles. The second kappa shape index (κ2) is 13.5. The number of nitrogens with zero attached hydrogens (tertiary/aromatic N) is 4. The Morgan fingerprint density at radius 3 is 1.58 bits per heavy atom. The van der Waals surface area contributed by atoms with Gasteiger partial charge in [-0.3, -0.25) is 0 Å². The molecule has 11 rings (SSSR count). The van der Waals surface area contributed by atoms with Crippen LogP contribution in [0.1, 0.15) is 0 Å². The molecule has 0 bridgehead atoms. The van der Waals surface area contributed by atoms with Crippen LogP contribution < -0.4 is 4.90 Å². The first-order chi connectivity index (χ1) is 28.2. The Balaban J connectivity index is 0.999. The van der Waals surface area contributed by atoms with Gasteiger partial charge < -0.3 is 13.7 Å². The summed E-state index contributed by atoms with van der Waals surface area (Å²) in [5, 5.41) is 4.09. The average molecular weight is 733 g/mol. The van der Waals surface area contributed by atoms with E-state index in [9.17, 15) is 0 Å². The number of hydrogen-bond donors (Lipinski definition) is 0. The number of furan rings is 2. The van der Waals surface area contributed by atoms with Crippen molar-refractivity contribution in [2.45, 2.75) is 0 Å². The van der Waals surface area contributed by atoms with Gasteiger partial charge in [-0.05, 0) is 83.9 Å². The number of aromatic nitrogens is 3. The lowest BCUT2D eigenvalue weighted by atomic mass is 10.0. The molecule has 0 radical (unpaired) electrons. The first-order valence-electron chi connectivity index (χ1n) is 18.9. The third-order valence-corrected chi connectivity index (χ3v) is 10.5. The molecular formula is C51H32N4O2. The molecule has 0 aliphatic carbocycles. The molecular weight excluding hydrogens is 701 g/mol. The topological polar surface area (TPSA) is 68.2 Å². The predicted octanol–water partition coefficient (Wildman–Crippen LogP) is 13.8. The normalized spacial score (nSPS) is 11.5. The summed E-state index contributed by atoms with van der Waals surface area (Å²) in [5.74, 6) is 1.72. The van der Waals surface area contributed by atoms with Gasteiger partial charge in [0.05, 0.1) is 0 Å². The molecule has 0 N–H and O–H groups in total. The molecule has 0 saturated carbocycles. The SMILES string of the molecule is c1ccc(-c2nc(-c3ccc4c(c3)oc3ccccc34)nc(-c3cccc4oc5cc(-c6ccc(N(c7ccccc7)c7ccccc7)cc6)ccc5c34)n2)cc1. The van der Waals surface area contributed by atoms with Crippen molar-refractivity contribution in [3.63, 3.8) is 0 Å². The van der Waals surface area contributed by atoms with E-state index < -0.39 is 0 Å². The zero-order chi connectivity index (χ0) is 37.7. The van der Waals surface area contributed by atoms with Crippen LogP contribution in [-0.2, 0) is 0 Å². The van der Waals surface area contributed by atoms with Gasteiger partial charge in [0.25, 0.3) is 0 Å². The molecule has 0 unspecified atom stereocenters. The minimum Gasteiger partial charge on any atom is -0.456 e. The lowest BCUT2D eigenvalue weighted by Crippen LogP contribution is -2.09. The van der Waals surface area contributed by atoms with E-state index in [-0.39, 0.29) is 0 Å². The second-order valence-electron chi connectivity index (χ2n) is 14.0. The highest BCUT2D eigenvalue weighted by atomic mass is 16.3. The smallest absolute Gasteiger partial charge is 0.164 e. The maximum absolute atomic E-state index is 6.57. The van der Waals surface area contributed by atoms with Crippen LogP contribution in [0.25, 0.3) is 89.2 Å². The molecule has 11 aromatic rings. The Bertz CT molecular complexity index is 3190. The molecule has 268 valence electrons. The fraction of sp³-hybridized carbons (Fsp3) is 0. The average Bonchev–Trinajstić information content (AvgIpc) is 3.85. The summed E-state index contributed by atoms with van der Waals surface area (Å²) in [6, 6.07) is 66.3. The van der Waals surface area contributed by atoms with Crippen molar-refractivity contribution in [3.05, 3.63) is 194 Å². The molecule has 0 atom stereocenters. The first-order valence-corrected chi connectivity index (χ1v) is 18.9. The summed E-state index contributed by atoms with van der Waals surface area (Å²) >= 11 is 0. The fourth-order valence-corrected chi connectivity index (χ4v) is 7.80. The van der Waals surface area contributed by atoms with Gasteiger partial charge in [-0.2, -0.15) is 0 Å². The van der Waals surface area contributed by atoms with Crippen LogP contribution in [0.15, 0.2) is 203 Å². The second-order valence-corrected chi connectivity index (χ2v) is 14.0. The van der Waals surface area contributed by atoms with E-state index >= 15 is 0 Å². The van der Waals surface area contributed by atoms with Crippen LogP contribution in [-0.4, -0.2) is 15.0 Å². The van der Waals surface area contributed by atoms with Crippen LogP contribution in [0, 0.1) is 0 Å². The zero-order valence-corrected chi connectivity index (χ0v) is 30.6. The molecule has 0 fully saturated rings. The van der Waals surface area contributed by atoms with E-state index in [4.69, 9.17) is 23.8 Å².